The fraction of sp³-hybridized carbons (Fsp3) is 0.600. The summed E-state index contributed by atoms with van der Waals surface area (Å²) in [5.74, 6) is 1.22. The lowest BCUT2D eigenvalue weighted by molar-refractivity contribution is 0.0875. The van der Waals surface area contributed by atoms with Crippen molar-refractivity contribution in [2.45, 2.75) is 18.9 Å². The van der Waals surface area contributed by atoms with Crippen molar-refractivity contribution < 1.29 is 4.74 Å². The van der Waals surface area contributed by atoms with E-state index < -0.39 is 0 Å². The van der Waals surface area contributed by atoms with E-state index >= 15 is 0 Å². The summed E-state index contributed by atoms with van der Waals surface area (Å²) < 4.78 is 5.39. The van der Waals surface area contributed by atoms with Crippen LogP contribution in [-0.4, -0.2) is 36.3 Å². The van der Waals surface area contributed by atoms with E-state index in [9.17, 15) is 0 Å². The number of nitrogens with one attached hydrogen (secondary N) is 2. The first-order chi connectivity index (χ1) is 7.79. The molecule has 1 saturated heterocycles. The van der Waals surface area contributed by atoms with Crippen LogP contribution in [-0.2, 0) is 4.74 Å². The number of halogens is 1. The lowest BCUT2D eigenvalue weighted by Crippen LogP contribution is -2.30. The molecule has 88 valence electrons. The van der Waals surface area contributed by atoms with Crippen molar-refractivity contribution in [2.75, 3.05) is 30.9 Å². The van der Waals surface area contributed by atoms with E-state index in [0.717, 1.165) is 19.4 Å². The fourth-order valence-corrected chi connectivity index (χ4v) is 1.78. The molecule has 0 bridgehead atoms. The zero-order valence-electron chi connectivity index (χ0n) is 9.16. The van der Waals surface area contributed by atoms with Gasteiger partial charge in [-0.25, -0.2) is 4.98 Å². The Bertz CT molecular complexity index is 355. The quantitative estimate of drug-likeness (QED) is 0.846. The Morgan fingerprint density at radius 1 is 1.56 bits per heavy atom. The molecule has 2 heterocycles. The summed E-state index contributed by atoms with van der Waals surface area (Å²) in [6, 6.07) is 0.283. The molecule has 0 spiro atoms. The zero-order valence-corrected chi connectivity index (χ0v) is 9.92. The number of ether oxygens (including phenoxy) is 1. The molecule has 1 unspecified atom stereocenters. The van der Waals surface area contributed by atoms with Gasteiger partial charge in [-0.1, -0.05) is 11.6 Å². The van der Waals surface area contributed by atoms with Crippen LogP contribution in [0.1, 0.15) is 12.8 Å². The Balaban J connectivity index is 2.06. The molecule has 0 amide bonds. The summed E-state index contributed by atoms with van der Waals surface area (Å²) in [4.78, 5) is 8.29. The zero-order chi connectivity index (χ0) is 11.4. The van der Waals surface area contributed by atoms with Gasteiger partial charge in [0.1, 0.15) is 5.02 Å². The molecule has 1 aliphatic rings. The third kappa shape index (κ3) is 2.74. The summed E-state index contributed by atoms with van der Waals surface area (Å²) in [6.45, 7) is 1.55. The van der Waals surface area contributed by atoms with Gasteiger partial charge in [0.05, 0.1) is 18.8 Å². The number of hydrogen-bond donors (Lipinski definition) is 2. The second kappa shape index (κ2) is 5.32. The van der Waals surface area contributed by atoms with Gasteiger partial charge in [0.2, 0.25) is 5.95 Å². The number of rotatable bonds is 3. The third-order valence-corrected chi connectivity index (χ3v) is 2.75. The average Bonchev–Trinajstić information content (AvgIpc) is 2.33. The van der Waals surface area contributed by atoms with Crippen molar-refractivity contribution in [1.29, 1.82) is 0 Å². The van der Waals surface area contributed by atoms with Crippen LogP contribution in [0.2, 0.25) is 5.02 Å². The first kappa shape index (κ1) is 11.4. The van der Waals surface area contributed by atoms with Gasteiger partial charge in [-0.2, -0.15) is 4.98 Å². The molecular weight excluding hydrogens is 228 g/mol. The van der Waals surface area contributed by atoms with E-state index in [1.807, 2.05) is 0 Å². The number of aromatic nitrogens is 2. The summed E-state index contributed by atoms with van der Waals surface area (Å²) in [6.07, 6.45) is 3.74. The molecule has 5 nitrogen and oxygen atoms in total. The highest BCUT2D eigenvalue weighted by Crippen LogP contribution is 2.21. The van der Waals surface area contributed by atoms with E-state index in [4.69, 9.17) is 16.3 Å². The SMILES string of the molecule is CNc1ncc(Cl)c(NC2CCCOC2)n1. The molecule has 1 aliphatic heterocycles. The summed E-state index contributed by atoms with van der Waals surface area (Å²) in [7, 11) is 1.77. The van der Waals surface area contributed by atoms with Gasteiger partial charge in [0.25, 0.3) is 0 Å². The molecule has 2 rings (SSSR count). The van der Waals surface area contributed by atoms with Crippen molar-refractivity contribution in [3.05, 3.63) is 11.2 Å². The molecule has 0 radical (unpaired) electrons. The minimum Gasteiger partial charge on any atom is -0.379 e. The Kier molecular flexibility index (Phi) is 3.79. The Hall–Kier alpha value is -1.07. The number of anilines is 2. The van der Waals surface area contributed by atoms with Crippen LogP contribution in [0.15, 0.2) is 6.20 Å². The molecule has 0 saturated carbocycles. The molecule has 16 heavy (non-hydrogen) atoms. The third-order valence-electron chi connectivity index (χ3n) is 2.47. The maximum absolute atomic E-state index is 6.02. The predicted octanol–water partition coefficient (Wildman–Crippen LogP) is 1.76. The first-order valence-corrected chi connectivity index (χ1v) is 5.72. The highest BCUT2D eigenvalue weighted by atomic mass is 35.5. The van der Waals surface area contributed by atoms with Gasteiger partial charge in [0, 0.05) is 13.7 Å². The van der Waals surface area contributed by atoms with Gasteiger partial charge in [-0.05, 0) is 12.8 Å². The van der Waals surface area contributed by atoms with Crippen molar-refractivity contribution in [3.8, 4) is 0 Å². The summed E-state index contributed by atoms with van der Waals surface area (Å²) in [5, 5.41) is 6.69. The molecular formula is C10H15ClN4O. The molecule has 1 aromatic rings. The summed E-state index contributed by atoms with van der Waals surface area (Å²) >= 11 is 6.02. The van der Waals surface area contributed by atoms with E-state index in [1.165, 1.54) is 0 Å². The maximum atomic E-state index is 6.02. The molecule has 1 aromatic heterocycles. The minimum absolute atomic E-state index is 0.283. The normalized spacial score (nSPS) is 20.5. The van der Waals surface area contributed by atoms with Crippen LogP contribution in [0.3, 0.4) is 0 Å². The summed E-state index contributed by atoms with van der Waals surface area (Å²) in [5.41, 5.74) is 0. The lowest BCUT2D eigenvalue weighted by Gasteiger charge is -2.24. The van der Waals surface area contributed by atoms with Crippen LogP contribution in [0.4, 0.5) is 11.8 Å². The van der Waals surface area contributed by atoms with Crippen LogP contribution >= 0.6 is 11.6 Å². The highest BCUT2D eigenvalue weighted by molar-refractivity contribution is 6.32. The van der Waals surface area contributed by atoms with E-state index in [0.29, 0.717) is 23.4 Å². The van der Waals surface area contributed by atoms with Crippen LogP contribution in [0, 0.1) is 0 Å². The van der Waals surface area contributed by atoms with E-state index in [2.05, 4.69) is 20.6 Å². The monoisotopic (exact) mass is 242 g/mol. The Morgan fingerprint density at radius 2 is 2.44 bits per heavy atom. The van der Waals surface area contributed by atoms with Gasteiger partial charge in [-0.3, -0.25) is 0 Å². The van der Waals surface area contributed by atoms with E-state index in [1.54, 1.807) is 13.2 Å². The Labute approximate surface area is 99.6 Å². The standard InChI is InChI=1S/C10H15ClN4O/c1-12-10-13-5-8(11)9(15-10)14-7-3-2-4-16-6-7/h5,7H,2-4,6H2,1H3,(H2,12,13,14,15). The maximum Gasteiger partial charge on any atom is 0.224 e. The lowest BCUT2D eigenvalue weighted by atomic mass is 10.1. The average molecular weight is 243 g/mol. The van der Waals surface area contributed by atoms with Gasteiger partial charge >= 0.3 is 0 Å². The van der Waals surface area contributed by atoms with E-state index in [-0.39, 0.29) is 6.04 Å². The number of nitrogens with zero attached hydrogens (tertiary/aromatic N) is 2. The Morgan fingerprint density at radius 3 is 3.12 bits per heavy atom. The number of hydrogen-bond acceptors (Lipinski definition) is 5. The van der Waals surface area contributed by atoms with Gasteiger partial charge in [0.15, 0.2) is 5.82 Å². The highest BCUT2D eigenvalue weighted by Gasteiger charge is 2.15. The molecule has 2 N–H and O–H groups in total. The second-order valence-corrected chi connectivity index (χ2v) is 4.11. The largest absolute Gasteiger partial charge is 0.379 e. The first-order valence-electron chi connectivity index (χ1n) is 5.34. The van der Waals surface area contributed by atoms with Crippen molar-refractivity contribution in [2.24, 2.45) is 0 Å². The molecule has 1 atom stereocenters. The van der Waals surface area contributed by atoms with Crippen molar-refractivity contribution in [1.82, 2.24) is 9.97 Å². The predicted molar refractivity (Wildman–Crippen MR) is 64.1 cm³/mol. The van der Waals surface area contributed by atoms with Crippen LogP contribution in [0.25, 0.3) is 0 Å². The fourth-order valence-electron chi connectivity index (χ4n) is 1.64. The van der Waals surface area contributed by atoms with Gasteiger partial charge < -0.3 is 15.4 Å². The second-order valence-electron chi connectivity index (χ2n) is 3.70. The van der Waals surface area contributed by atoms with Gasteiger partial charge in [-0.15, -0.1) is 0 Å². The topological polar surface area (TPSA) is 59.1 Å². The molecule has 0 aromatic carbocycles. The molecule has 1 fully saturated rings. The molecule has 0 aliphatic carbocycles. The van der Waals surface area contributed by atoms with Crippen LogP contribution < -0.4 is 10.6 Å². The van der Waals surface area contributed by atoms with Crippen molar-refractivity contribution in [3.63, 3.8) is 0 Å². The molecule has 6 heteroatoms. The van der Waals surface area contributed by atoms with Crippen LogP contribution in [0.5, 0.6) is 0 Å². The smallest absolute Gasteiger partial charge is 0.224 e. The minimum atomic E-state index is 0.283. The van der Waals surface area contributed by atoms with Crippen molar-refractivity contribution >= 4 is 23.4 Å².